The molecule has 1 aliphatic rings. The van der Waals surface area contributed by atoms with E-state index < -0.39 is 10.2 Å². The number of nitrogens with one attached hydrogen (secondary N) is 1. The van der Waals surface area contributed by atoms with Gasteiger partial charge in [-0.15, -0.1) is 0 Å². The van der Waals surface area contributed by atoms with E-state index in [1.165, 1.54) is 4.31 Å². The van der Waals surface area contributed by atoms with Gasteiger partial charge in [0.25, 0.3) is 10.2 Å². The van der Waals surface area contributed by atoms with Gasteiger partial charge < -0.3 is 10.5 Å². The maximum Gasteiger partial charge on any atom is 0.279 e. The van der Waals surface area contributed by atoms with Crippen LogP contribution in [0.3, 0.4) is 0 Å². The highest BCUT2D eigenvalue weighted by molar-refractivity contribution is 7.87. The van der Waals surface area contributed by atoms with Gasteiger partial charge in [0.05, 0.1) is 0 Å². The standard InChI is InChI=1S/C12H19N3O3S/c13-11-3-5-12(6-4-11)18-10-7-14-19(16,17)15-8-1-2-9-15/h3-6,14H,1-2,7-10,13H2. The van der Waals surface area contributed by atoms with Crippen molar-refractivity contribution >= 4 is 15.9 Å². The van der Waals surface area contributed by atoms with Crippen molar-refractivity contribution in [3.63, 3.8) is 0 Å². The molecular formula is C12H19N3O3S. The highest BCUT2D eigenvalue weighted by Crippen LogP contribution is 2.13. The van der Waals surface area contributed by atoms with Crippen LogP contribution in [0.15, 0.2) is 24.3 Å². The first-order valence-corrected chi connectivity index (χ1v) is 7.75. The van der Waals surface area contributed by atoms with Gasteiger partial charge in [0.15, 0.2) is 0 Å². The van der Waals surface area contributed by atoms with Crippen LogP contribution < -0.4 is 15.2 Å². The van der Waals surface area contributed by atoms with E-state index in [9.17, 15) is 8.42 Å². The van der Waals surface area contributed by atoms with Crippen LogP contribution in [0.5, 0.6) is 5.75 Å². The number of nitrogens with zero attached hydrogens (tertiary/aromatic N) is 1. The molecule has 6 nitrogen and oxygen atoms in total. The van der Waals surface area contributed by atoms with Crippen LogP contribution in [0.25, 0.3) is 0 Å². The van der Waals surface area contributed by atoms with Crippen LogP contribution in [-0.2, 0) is 10.2 Å². The molecule has 0 aliphatic carbocycles. The summed E-state index contributed by atoms with van der Waals surface area (Å²) in [5, 5.41) is 0. The van der Waals surface area contributed by atoms with E-state index in [1.54, 1.807) is 24.3 Å². The zero-order valence-electron chi connectivity index (χ0n) is 10.7. The molecule has 2 rings (SSSR count). The van der Waals surface area contributed by atoms with Gasteiger partial charge in [0, 0.05) is 25.3 Å². The summed E-state index contributed by atoms with van der Waals surface area (Å²) in [6.45, 7) is 1.75. The second-order valence-electron chi connectivity index (χ2n) is 4.42. The summed E-state index contributed by atoms with van der Waals surface area (Å²) < 4.78 is 33.1. The summed E-state index contributed by atoms with van der Waals surface area (Å²) >= 11 is 0. The molecule has 0 spiro atoms. The number of nitrogens with two attached hydrogens (primary N) is 1. The number of anilines is 1. The lowest BCUT2D eigenvalue weighted by Gasteiger charge is -2.16. The van der Waals surface area contributed by atoms with E-state index >= 15 is 0 Å². The van der Waals surface area contributed by atoms with Crippen LogP contribution >= 0.6 is 0 Å². The largest absolute Gasteiger partial charge is 0.492 e. The highest BCUT2D eigenvalue weighted by atomic mass is 32.2. The molecule has 1 fully saturated rings. The number of benzene rings is 1. The molecule has 1 aromatic carbocycles. The fourth-order valence-corrected chi connectivity index (χ4v) is 3.19. The Labute approximate surface area is 113 Å². The molecule has 7 heteroatoms. The van der Waals surface area contributed by atoms with Crippen molar-refractivity contribution in [1.82, 2.24) is 9.03 Å². The summed E-state index contributed by atoms with van der Waals surface area (Å²) in [5.74, 6) is 0.676. The van der Waals surface area contributed by atoms with Crippen molar-refractivity contribution in [2.45, 2.75) is 12.8 Å². The quantitative estimate of drug-likeness (QED) is 0.591. The molecular weight excluding hydrogens is 266 g/mol. The van der Waals surface area contributed by atoms with Crippen LogP contribution in [-0.4, -0.2) is 39.0 Å². The zero-order valence-corrected chi connectivity index (χ0v) is 11.5. The zero-order chi connectivity index (χ0) is 13.7. The monoisotopic (exact) mass is 285 g/mol. The number of hydrogen-bond donors (Lipinski definition) is 2. The van der Waals surface area contributed by atoms with Crippen molar-refractivity contribution < 1.29 is 13.2 Å². The molecule has 0 bridgehead atoms. The molecule has 0 unspecified atom stereocenters. The first-order valence-electron chi connectivity index (χ1n) is 6.31. The van der Waals surface area contributed by atoms with Gasteiger partial charge in [-0.2, -0.15) is 17.4 Å². The van der Waals surface area contributed by atoms with Crippen molar-refractivity contribution in [3.8, 4) is 5.75 Å². The van der Waals surface area contributed by atoms with Gasteiger partial charge in [0.1, 0.15) is 12.4 Å². The highest BCUT2D eigenvalue weighted by Gasteiger charge is 2.24. The van der Waals surface area contributed by atoms with Crippen LogP contribution in [0.2, 0.25) is 0 Å². The van der Waals surface area contributed by atoms with Crippen LogP contribution in [0.4, 0.5) is 5.69 Å². The molecule has 1 aliphatic heterocycles. The predicted molar refractivity (Wildman–Crippen MR) is 74.1 cm³/mol. The summed E-state index contributed by atoms with van der Waals surface area (Å²) in [5.41, 5.74) is 6.22. The van der Waals surface area contributed by atoms with Crippen molar-refractivity contribution in [1.29, 1.82) is 0 Å². The second kappa shape index (κ2) is 6.23. The lowest BCUT2D eigenvalue weighted by molar-refractivity contribution is 0.321. The molecule has 1 heterocycles. The SMILES string of the molecule is Nc1ccc(OCCNS(=O)(=O)N2CCCC2)cc1. The van der Waals surface area contributed by atoms with Gasteiger partial charge in [-0.05, 0) is 37.1 Å². The van der Waals surface area contributed by atoms with Gasteiger partial charge in [-0.3, -0.25) is 0 Å². The van der Waals surface area contributed by atoms with Crippen LogP contribution in [0.1, 0.15) is 12.8 Å². The van der Waals surface area contributed by atoms with E-state index in [-0.39, 0.29) is 13.2 Å². The van der Waals surface area contributed by atoms with Crippen molar-refractivity contribution in [2.75, 3.05) is 32.0 Å². The Morgan fingerprint density at radius 2 is 1.84 bits per heavy atom. The first kappa shape index (κ1) is 14.1. The maximum atomic E-state index is 11.8. The average molecular weight is 285 g/mol. The minimum absolute atomic E-state index is 0.253. The normalized spacial score (nSPS) is 16.6. The minimum Gasteiger partial charge on any atom is -0.492 e. The molecule has 0 atom stereocenters. The van der Waals surface area contributed by atoms with E-state index in [0.717, 1.165) is 12.8 Å². The molecule has 1 saturated heterocycles. The first-order chi connectivity index (χ1) is 9.08. The van der Waals surface area contributed by atoms with Crippen molar-refractivity contribution in [2.24, 2.45) is 0 Å². The lowest BCUT2D eigenvalue weighted by Crippen LogP contribution is -2.40. The Balaban J connectivity index is 1.73. The summed E-state index contributed by atoms with van der Waals surface area (Å²) in [7, 11) is -3.34. The Hall–Kier alpha value is -1.31. The fourth-order valence-electron chi connectivity index (χ4n) is 1.92. The van der Waals surface area contributed by atoms with Gasteiger partial charge >= 0.3 is 0 Å². The van der Waals surface area contributed by atoms with E-state index in [2.05, 4.69) is 4.72 Å². The third-order valence-corrected chi connectivity index (χ3v) is 4.55. The van der Waals surface area contributed by atoms with Gasteiger partial charge in [0.2, 0.25) is 0 Å². The Morgan fingerprint density at radius 1 is 1.21 bits per heavy atom. The van der Waals surface area contributed by atoms with E-state index in [1.807, 2.05) is 0 Å². The van der Waals surface area contributed by atoms with E-state index in [0.29, 0.717) is 24.5 Å². The molecule has 106 valence electrons. The molecule has 0 saturated carbocycles. The third kappa shape index (κ3) is 4.09. The Morgan fingerprint density at radius 3 is 2.47 bits per heavy atom. The lowest BCUT2D eigenvalue weighted by atomic mass is 10.3. The molecule has 0 radical (unpaired) electrons. The third-order valence-electron chi connectivity index (χ3n) is 2.94. The Bertz CT molecular complexity index is 495. The van der Waals surface area contributed by atoms with Gasteiger partial charge in [-0.1, -0.05) is 0 Å². The molecule has 0 amide bonds. The average Bonchev–Trinajstić information content (AvgIpc) is 2.91. The number of hydrogen-bond acceptors (Lipinski definition) is 4. The van der Waals surface area contributed by atoms with E-state index in [4.69, 9.17) is 10.5 Å². The molecule has 1 aromatic rings. The van der Waals surface area contributed by atoms with Crippen LogP contribution in [0, 0.1) is 0 Å². The number of rotatable bonds is 6. The summed E-state index contributed by atoms with van der Waals surface area (Å²) in [6.07, 6.45) is 1.87. The maximum absolute atomic E-state index is 11.8. The minimum atomic E-state index is -3.34. The summed E-state index contributed by atoms with van der Waals surface area (Å²) in [4.78, 5) is 0. The molecule has 19 heavy (non-hydrogen) atoms. The molecule has 3 N–H and O–H groups in total. The number of nitrogen functional groups attached to an aromatic ring is 1. The number of ether oxygens (including phenoxy) is 1. The van der Waals surface area contributed by atoms with Gasteiger partial charge in [-0.25, -0.2) is 0 Å². The predicted octanol–water partition coefficient (Wildman–Crippen LogP) is 0.578. The Kier molecular flexibility index (Phi) is 4.62. The smallest absolute Gasteiger partial charge is 0.279 e. The van der Waals surface area contributed by atoms with Crippen molar-refractivity contribution in [3.05, 3.63) is 24.3 Å². The topological polar surface area (TPSA) is 84.7 Å². The summed E-state index contributed by atoms with van der Waals surface area (Å²) in [6, 6.07) is 6.99. The fraction of sp³-hybridized carbons (Fsp3) is 0.500. The second-order valence-corrected chi connectivity index (χ2v) is 6.18. The molecule has 0 aromatic heterocycles.